The van der Waals surface area contributed by atoms with Crippen LogP contribution in [0.4, 0.5) is 0 Å². The molecule has 3 heteroatoms. The molecule has 0 fully saturated rings. The molecule has 0 aliphatic carbocycles. The highest BCUT2D eigenvalue weighted by Gasteiger charge is 2.19. The first-order valence-corrected chi connectivity index (χ1v) is 6.68. The summed E-state index contributed by atoms with van der Waals surface area (Å²) in [5, 5.41) is 3.25. The van der Waals surface area contributed by atoms with Gasteiger partial charge in [-0.25, -0.2) is 4.98 Å². The first kappa shape index (κ1) is 12.7. The van der Waals surface area contributed by atoms with Gasteiger partial charge >= 0.3 is 0 Å². The van der Waals surface area contributed by atoms with E-state index < -0.39 is 0 Å². The minimum Gasteiger partial charge on any atom is -0.322 e. The van der Waals surface area contributed by atoms with Crippen LogP contribution in [0.25, 0.3) is 0 Å². The van der Waals surface area contributed by atoms with Gasteiger partial charge in [-0.05, 0) is 11.8 Å². The predicted octanol–water partition coefficient (Wildman–Crippen LogP) is 3.70. The monoisotopic (exact) mass is 226 g/mol. The second-order valence-corrected chi connectivity index (χ2v) is 5.26. The molecular weight excluding hydrogens is 204 g/mol. The summed E-state index contributed by atoms with van der Waals surface area (Å²) in [6.07, 6.45) is 2.27. The summed E-state index contributed by atoms with van der Waals surface area (Å²) in [7, 11) is 0. The quantitative estimate of drug-likeness (QED) is 0.831. The fraction of sp³-hybridized carbons (Fsp3) is 0.750. The molecule has 1 atom stereocenters. The Morgan fingerprint density at radius 2 is 1.93 bits per heavy atom. The van der Waals surface area contributed by atoms with Gasteiger partial charge in [-0.1, -0.05) is 40.5 Å². The minimum absolute atomic E-state index is 0.123. The van der Waals surface area contributed by atoms with Crippen LogP contribution in [0.1, 0.15) is 63.2 Å². The van der Waals surface area contributed by atoms with Gasteiger partial charge in [0.25, 0.3) is 0 Å². The van der Waals surface area contributed by atoms with Gasteiger partial charge in [-0.3, -0.25) is 0 Å². The maximum absolute atomic E-state index is 6.22. The Bertz CT molecular complexity index is 290. The van der Waals surface area contributed by atoms with E-state index in [2.05, 4.69) is 38.1 Å². The molecule has 15 heavy (non-hydrogen) atoms. The highest BCUT2D eigenvalue weighted by molar-refractivity contribution is 7.09. The molecular formula is C12H22N2S. The number of hydrogen-bond acceptors (Lipinski definition) is 3. The molecule has 2 nitrogen and oxygen atoms in total. The zero-order valence-corrected chi connectivity index (χ0v) is 11.0. The second kappa shape index (κ2) is 5.61. The largest absolute Gasteiger partial charge is 0.322 e. The molecule has 0 bridgehead atoms. The van der Waals surface area contributed by atoms with Gasteiger partial charge in [0.2, 0.25) is 0 Å². The average Bonchev–Trinajstić information content (AvgIpc) is 2.68. The van der Waals surface area contributed by atoms with Gasteiger partial charge in [-0.2, -0.15) is 0 Å². The first-order valence-electron chi connectivity index (χ1n) is 5.81. The number of thiazole rings is 1. The molecule has 86 valence electrons. The van der Waals surface area contributed by atoms with E-state index in [4.69, 9.17) is 5.73 Å². The van der Waals surface area contributed by atoms with Crippen molar-refractivity contribution >= 4 is 11.3 Å². The van der Waals surface area contributed by atoms with Gasteiger partial charge in [0.1, 0.15) is 5.01 Å². The predicted molar refractivity (Wildman–Crippen MR) is 67.2 cm³/mol. The van der Waals surface area contributed by atoms with E-state index in [1.165, 1.54) is 5.69 Å². The number of hydrogen-bond donors (Lipinski definition) is 1. The number of aromatic nitrogens is 1. The molecule has 2 N–H and O–H groups in total. The smallest absolute Gasteiger partial charge is 0.110 e. The molecule has 0 aromatic carbocycles. The summed E-state index contributed by atoms with van der Waals surface area (Å²) in [5.41, 5.74) is 7.40. The van der Waals surface area contributed by atoms with Crippen molar-refractivity contribution < 1.29 is 0 Å². The minimum atomic E-state index is 0.123. The Hall–Kier alpha value is -0.410. The fourth-order valence-corrected chi connectivity index (χ4v) is 2.79. The van der Waals surface area contributed by atoms with Crippen LogP contribution in [-0.2, 0) is 0 Å². The van der Waals surface area contributed by atoms with E-state index in [9.17, 15) is 0 Å². The highest BCUT2D eigenvalue weighted by atomic mass is 32.1. The molecule has 1 unspecified atom stereocenters. The van der Waals surface area contributed by atoms with Crippen molar-refractivity contribution in [1.82, 2.24) is 4.98 Å². The molecule has 1 aromatic rings. The number of nitrogens with zero attached hydrogens (tertiary/aromatic N) is 1. The summed E-state index contributed by atoms with van der Waals surface area (Å²) in [5.74, 6) is 1.07. The molecule has 0 amide bonds. The van der Waals surface area contributed by atoms with Crippen molar-refractivity contribution in [2.75, 3.05) is 0 Å². The Kier molecular flexibility index (Phi) is 4.74. The summed E-state index contributed by atoms with van der Waals surface area (Å²) < 4.78 is 0. The molecule has 0 saturated carbocycles. The zero-order chi connectivity index (χ0) is 11.4. The molecule has 0 aliphatic heterocycles. The Labute approximate surface area is 96.9 Å². The van der Waals surface area contributed by atoms with Gasteiger partial charge in [0.05, 0.1) is 11.7 Å². The molecule has 1 heterocycles. The van der Waals surface area contributed by atoms with Gasteiger partial charge < -0.3 is 5.73 Å². The van der Waals surface area contributed by atoms with Crippen LogP contribution >= 0.6 is 11.3 Å². The Balaban J connectivity index is 2.77. The summed E-state index contributed by atoms with van der Waals surface area (Å²) in [6.45, 7) is 8.74. The standard InChI is InChI=1S/C12H22N2S/c1-5-9(6-2)11(13)12-14-10(7-15-12)8(3)4/h7-9,11H,5-6,13H2,1-4H3. The second-order valence-electron chi connectivity index (χ2n) is 4.37. The summed E-state index contributed by atoms with van der Waals surface area (Å²) in [4.78, 5) is 4.62. The first-order chi connectivity index (χ1) is 7.10. The van der Waals surface area contributed by atoms with E-state index in [0.717, 1.165) is 17.8 Å². The molecule has 0 radical (unpaired) electrons. The SMILES string of the molecule is CCC(CC)C(N)c1nc(C(C)C)cs1. The van der Waals surface area contributed by atoms with Crippen LogP contribution in [0, 0.1) is 5.92 Å². The van der Waals surface area contributed by atoms with E-state index in [1.54, 1.807) is 11.3 Å². The van der Waals surface area contributed by atoms with Gasteiger partial charge in [0, 0.05) is 5.38 Å². The number of nitrogens with two attached hydrogens (primary N) is 1. The summed E-state index contributed by atoms with van der Waals surface area (Å²) in [6, 6.07) is 0.123. The molecule has 1 rings (SSSR count). The van der Waals surface area contributed by atoms with Gasteiger partial charge in [-0.15, -0.1) is 11.3 Å². The highest BCUT2D eigenvalue weighted by Crippen LogP contribution is 2.28. The third-order valence-electron chi connectivity index (χ3n) is 2.97. The van der Waals surface area contributed by atoms with E-state index >= 15 is 0 Å². The van der Waals surface area contributed by atoms with Crippen molar-refractivity contribution in [2.45, 2.75) is 52.5 Å². The van der Waals surface area contributed by atoms with E-state index in [-0.39, 0.29) is 6.04 Å². The zero-order valence-electron chi connectivity index (χ0n) is 10.2. The lowest BCUT2D eigenvalue weighted by molar-refractivity contribution is 0.404. The molecule has 0 spiro atoms. The van der Waals surface area contributed by atoms with Crippen LogP contribution in [0.5, 0.6) is 0 Å². The van der Waals surface area contributed by atoms with Crippen molar-refractivity contribution in [3.8, 4) is 0 Å². The van der Waals surface area contributed by atoms with Crippen molar-refractivity contribution in [2.24, 2.45) is 11.7 Å². The average molecular weight is 226 g/mol. The molecule has 1 aromatic heterocycles. The molecule has 0 aliphatic rings. The van der Waals surface area contributed by atoms with E-state index in [1.807, 2.05) is 0 Å². The molecule has 0 saturated heterocycles. The van der Waals surface area contributed by atoms with Crippen LogP contribution in [0.15, 0.2) is 5.38 Å². The van der Waals surface area contributed by atoms with Crippen LogP contribution < -0.4 is 5.73 Å². The topological polar surface area (TPSA) is 38.9 Å². The van der Waals surface area contributed by atoms with Crippen molar-refractivity contribution in [3.05, 3.63) is 16.1 Å². The lowest BCUT2D eigenvalue weighted by atomic mass is 9.95. The number of rotatable bonds is 5. The third kappa shape index (κ3) is 3.02. The van der Waals surface area contributed by atoms with Crippen molar-refractivity contribution in [1.29, 1.82) is 0 Å². The van der Waals surface area contributed by atoms with Crippen LogP contribution in [0.3, 0.4) is 0 Å². The third-order valence-corrected chi connectivity index (χ3v) is 3.94. The van der Waals surface area contributed by atoms with Crippen LogP contribution in [0.2, 0.25) is 0 Å². The van der Waals surface area contributed by atoms with Gasteiger partial charge in [0.15, 0.2) is 0 Å². The maximum atomic E-state index is 6.22. The lowest BCUT2D eigenvalue weighted by Crippen LogP contribution is -2.20. The van der Waals surface area contributed by atoms with Crippen molar-refractivity contribution in [3.63, 3.8) is 0 Å². The lowest BCUT2D eigenvalue weighted by Gasteiger charge is -2.18. The Morgan fingerprint density at radius 3 is 2.33 bits per heavy atom. The van der Waals surface area contributed by atoms with E-state index in [0.29, 0.717) is 11.8 Å². The fourth-order valence-electron chi connectivity index (χ4n) is 1.72. The summed E-state index contributed by atoms with van der Waals surface area (Å²) >= 11 is 1.71. The van der Waals surface area contributed by atoms with Crippen LogP contribution in [-0.4, -0.2) is 4.98 Å². The maximum Gasteiger partial charge on any atom is 0.110 e. The Morgan fingerprint density at radius 1 is 1.33 bits per heavy atom. The normalized spacial score (nSPS) is 13.8.